The molecule has 0 aliphatic heterocycles. The molecule has 0 bridgehead atoms. The van der Waals surface area contributed by atoms with Crippen LogP contribution >= 0.6 is 0 Å². The van der Waals surface area contributed by atoms with Crippen molar-refractivity contribution >= 4 is 5.97 Å². The molecule has 0 fully saturated rings. The summed E-state index contributed by atoms with van der Waals surface area (Å²) in [5, 5.41) is 11.2. The molecular weight excluding hydrogens is 130 g/mol. The monoisotopic (exact) mass is 143 g/mol. The van der Waals surface area contributed by atoms with Crippen molar-refractivity contribution in [3.05, 3.63) is 11.8 Å². The van der Waals surface area contributed by atoms with E-state index in [0.29, 0.717) is 5.57 Å². The third-order valence-electron chi connectivity index (χ3n) is 1.05. The minimum absolute atomic E-state index is 0.341. The zero-order valence-electron chi connectivity index (χ0n) is 6.35. The molecule has 0 heterocycles. The van der Waals surface area contributed by atoms with Crippen LogP contribution in [-0.2, 0) is 4.79 Å². The van der Waals surface area contributed by atoms with E-state index in [1.165, 1.54) is 6.20 Å². The van der Waals surface area contributed by atoms with Gasteiger partial charge in [-0.1, -0.05) is 6.92 Å². The predicted molar refractivity (Wildman–Crippen MR) is 39.7 cm³/mol. The summed E-state index contributed by atoms with van der Waals surface area (Å²) in [6.45, 7) is 4.41. The molecular formula is C7H13NO2. The molecule has 0 aromatic rings. The van der Waals surface area contributed by atoms with Crippen LogP contribution in [0, 0.1) is 0 Å². The average Bonchev–Trinajstić information content (AvgIpc) is 1.88. The first kappa shape index (κ1) is 9.01. The largest absolute Gasteiger partial charge is 0.478 e. The molecule has 3 heteroatoms. The topological polar surface area (TPSA) is 49.3 Å². The molecule has 0 aromatic carbocycles. The number of hydrogen-bond donors (Lipinski definition) is 2. The fourth-order valence-electron chi connectivity index (χ4n) is 0.431. The van der Waals surface area contributed by atoms with E-state index in [4.69, 9.17) is 5.11 Å². The normalized spacial score (nSPS) is 11.2. The van der Waals surface area contributed by atoms with Gasteiger partial charge in [-0.25, -0.2) is 4.79 Å². The van der Waals surface area contributed by atoms with Crippen molar-refractivity contribution in [2.45, 2.75) is 20.3 Å². The van der Waals surface area contributed by atoms with E-state index in [1.54, 1.807) is 6.92 Å². The van der Waals surface area contributed by atoms with Crippen LogP contribution in [0.1, 0.15) is 20.3 Å². The highest BCUT2D eigenvalue weighted by Gasteiger charge is 1.96. The zero-order valence-corrected chi connectivity index (χ0v) is 6.35. The molecule has 0 rings (SSSR count). The lowest BCUT2D eigenvalue weighted by molar-refractivity contribution is -0.132. The van der Waals surface area contributed by atoms with Gasteiger partial charge in [0.25, 0.3) is 0 Å². The standard InChI is InChI=1S/C7H13NO2/c1-3-4-8-5-6(2)7(9)10/h5,8H,3-4H2,1-2H3,(H,9,10). The van der Waals surface area contributed by atoms with E-state index in [-0.39, 0.29) is 0 Å². The summed E-state index contributed by atoms with van der Waals surface area (Å²) < 4.78 is 0. The molecule has 0 unspecified atom stereocenters. The van der Waals surface area contributed by atoms with Gasteiger partial charge in [0.1, 0.15) is 0 Å². The Balaban J connectivity index is 3.58. The number of rotatable bonds is 4. The number of aliphatic carboxylic acids is 1. The third-order valence-corrected chi connectivity index (χ3v) is 1.05. The number of carboxylic acid groups (broad SMARTS) is 1. The maximum atomic E-state index is 10.2. The molecule has 3 nitrogen and oxygen atoms in total. The number of carbonyl (C=O) groups is 1. The van der Waals surface area contributed by atoms with Gasteiger partial charge < -0.3 is 10.4 Å². The molecule has 0 amide bonds. The molecule has 0 saturated carbocycles. The summed E-state index contributed by atoms with van der Waals surface area (Å²) in [5.74, 6) is -0.872. The Kier molecular flexibility index (Phi) is 4.37. The first-order valence-electron chi connectivity index (χ1n) is 3.32. The fourth-order valence-corrected chi connectivity index (χ4v) is 0.431. The molecule has 0 saturated heterocycles. The molecule has 0 radical (unpaired) electrons. The van der Waals surface area contributed by atoms with E-state index < -0.39 is 5.97 Å². The number of hydrogen-bond acceptors (Lipinski definition) is 2. The molecule has 0 atom stereocenters. The summed E-state index contributed by atoms with van der Waals surface area (Å²) in [7, 11) is 0. The predicted octanol–water partition coefficient (Wildman–Crippen LogP) is 0.974. The maximum Gasteiger partial charge on any atom is 0.332 e. The van der Waals surface area contributed by atoms with Crippen LogP contribution in [0.5, 0.6) is 0 Å². The average molecular weight is 143 g/mol. The van der Waals surface area contributed by atoms with Crippen molar-refractivity contribution < 1.29 is 9.90 Å². The Morgan fingerprint density at radius 1 is 1.70 bits per heavy atom. The van der Waals surface area contributed by atoms with Gasteiger partial charge in [-0.05, 0) is 13.3 Å². The van der Waals surface area contributed by atoms with Gasteiger partial charge in [0, 0.05) is 18.3 Å². The summed E-state index contributed by atoms with van der Waals surface area (Å²) >= 11 is 0. The van der Waals surface area contributed by atoms with Gasteiger partial charge in [0.05, 0.1) is 0 Å². The number of carboxylic acids is 1. The van der Waals surface area contributed by atoms with Crippen molar-refractivity contribution in [1.82, 2.24) is 5.32 Å². The lowest BCUT2D eigenvalue weighted by Crippen LogP contribution is -2.09. The van der Waals surface area contributed by atoms with Crippen molar-refractivity contribution in [1.29, 1.82) is 0 Å². The first-order valence-corrected chi connectivity index (χ1v) is 3.32. The van der Waals surface area contributed by atoms with E-state index in [1.807, 2.05) is 6.92 Å². The smallest absolute Gasteiger partial charge is 0.332 e. The summed E-state index contributed by atoms with van der Waals surface area (Å²) in [6, 6.07) is 0. The summed E-state index contributed by atoms with van der Waals surface area (Å²) in [4.78, 5) is 10.2. The van der Waals surface area contributed by atoms with Gasteiger partial charge in [0.2, 0.25) is 0 Å². The summed E-state index contributed by atoms with van der Waals surface area (Å²) in [6.07, 6.45) is 2.52. The molecule has 0 spiro atoms. The zero-order chi connectivity index (χ0) is 7.98. The minimum Gasteiger partial charge on any atom is -0.478 e. The molecule has 2 N–H and O–H groups in total. The van der Waals surface area contributed by atoms with Crippen LogP contribution in [0.2, 0.25) is 0 Å². The Hall–Kier alpha value is -0.990. The van der Waals surface area contributed by atoms with E-state index >= 15 is 0 Å². The lowest BCUT2D eigenvalue weighted by Gasteiger charge is -1.96. The Labute approximate surface area is 60.7 Å². The van der Waals surface area contributed by atoms with Crippen molar-refractivity contribution in [2.24, 2.45) is 0 Å². The highest BCUT2D eigenvalue weighted by Crippen LogP contribution is 1.87. The fraction of sp³-hybridized carbons (Fsp3) is 0.571. The second-order valence-corrected chi connectivity index (χ2v) is 2.09. The minimum atomic E-state index is -0.872. The van der Waals surface area contributed by atoms with Gasteiger partial charge >= 0.3 is 5.97 Å². The van der Waals surface area contributed by atoms with Gasteiger partial charge in [0.15, 0.2) is 0 Å². The molecule has 0 aliphatic rings. The molecule has 10 heavy (non-hydrogen) atoms. The second kappa shape index (κ2) is 4.85. The van der Waals surface area contributed by atoms with Crippen molar-refractivity contribution in [3.8, 4) is 0 Å². The van der Waals surface area contributed by atoms with Crippen LogP contribution < -0.4 is 5.32 Å². The summed E-state index contributed by atoms with van der Waals surface area (Å²) in [5.41, 5.74) is 0.341. The quantitative estimate of drug-likeness (QED) is 0.455. The Morgan fingerprint density at radius 2 is 2.30 bits per heavy atom. The SMILES string of the molecule is CCCNC=C(C)C(=O)O. The van der Waals surface area contributed by atoms with Gasteiger partial charge in [-0.15, -0.1) is 0 Å². The van der Waals surface area contributed by atoms with E-state index in [0.717, 1.165) is 13.0 Å². The van der Waals surface area contributed by atoms with Crippen LogP contribution in [0.3, 0.4) is 0 Å². The Bertz CT molecular complexity index is 141. The molecule has 0 aliphatic carbocycles. The van der Waals surface area contributed by atoms with Crippen molar-refractivity contribution in [2.75, 3.05) is 6.54 Å². The Morgan fingerprint density at radius 3 is 2.70 bits per heavy atom. The highest BCUT2D eigenvalue weighted by molar-refractivity contribution is 5.85. The second-order valence-electron chi connectivity index (χ2n) is 2.09. The third kappa shape index (κ3) is 3.95. The maximum absolute atomic E-state index is 10.2. The van der Waals surface area contributed by atoms with Crippen molar-refractivity contribution in [3.63, 3.8) is 0 Å². The first-order chi connectivity index (χ1) is 4.68. The van der Waals surface area contributed by atoms with Gasteiger partial charge in [-0.3, -0.25) is 0 Å². The van der Waals surface area contributed by atoms with Crippen LogP contribution in [0.4, 0.5) is 0 Å². The van der Waals surface area contributed by atoms with Crippen LogP contribution in [0.25, 0.3) is 0 Å². The molecule has 58 valence electrons. The number of nitrogens with one attached hydrogen (secondary N) is 1. The van der Waals surface area contributed by atoms with Crippen LogP contribution in [0.15, 0.2) is 11.8 Å². The van der Waals surface area contributed by atoms with E-state index in [9.17, 15) is 4.79 Å². The van der Waals surface area contributed by atoms with Gasteiger partial charge in [-0.2, -0.15) is 0 Å². The van der Waals surface area contributed by atoms with Crippen LogP contribution in [-0.4, -0.2) is 17.6 Å². The highest BCUT2D eigenvalue weighted by atomic mass is 16.4. The molecule has 0 aromatic heterocycles. The van der Waals surface area contributed by atoms with E-state index in [2.05, 4.69) is 5.32 Å². The lowest BCUT2D eigenvalue weighted by atomic mass is 10.3.